The lowest BCUT2D eigenvalue weighted by atomic mass is 9.41. The molecule has 2 aliphatic heterocycles. The van der Waals surface area contributed by atoms with Crippen LogP contribution < -0.4 is 0 Å². The normalized spacial score (nSPS) is 63.3. The van der Waals surface area contributed by atoms with Gasteiger partial charge in [0.05, 0.1) is 11.7 Å². The highest BCUT2D eigenvalue weighted by Gasteiger charge is 2.87. The van der Waals surface area contributed by atoms with Gasteiger partial charge in [-0.05, 0) is 105 Å². The maximum atomic E-state index is 12.5. The van der Waals surface area contributed by atoms with Crippen LogP contribution in [0.5, 0.6) is 0 Å². The zero-order valence-electron chi connectivity index (χ0n) is 22.6. The van der Waals surface area contributed by atoms with Crippen molar-refractivity contribution in [1.82, 2.24) is 0 Å². The van der Waals surface area contributed by atoms with E-state index in [0.717, 1.165) is 12.3 Å². The average Bonchev–Trinajstić information content (AvgIpc) is 3.23. The van der Waals surface area contributed by atoms with E-state index in [-0.39, 0.29) is 29.0 Å². The van der Waals surface area contributed by atoms with Gasteiger partial charge in [-0.15, -0.1) is 0 Å². The van der Waals surface area contributed by atoms with E-state index in [0.29, 0.717) is 28.1 Å². The molecule has 3 spiro atoms. The maximum Gasteiger partial charge on any atom is 0.199 e. The summed E-state index contributed by atoms with van der Waals surface area (Å²) in [6.45, 7) is 16.0. The zero-order chi connectivity index (χ0) is 24.3. The summed E-state index contributed by atoms with van der Waals surface area (Å²) in [6.07, 6.45) is 10.4. The Kier molecular flexibility index (Phi) is 4.13. The molecule has 4 nitrogen and oxygen atoms in total. The molecule has 4 heteroatoms. The van der Waals surface area contributed by atoms with E-state index in [4.69, 9.17) is 9.47 Å². The molecule has 2 heterocycles. The monoisotopic (exact) mass is 472 g/mol. The second kappa shape index (κ2) is 6.11. The first-order valence-corrected chi connectivity index (χ1v) is 14.5. The van der Waals surface area contributed by atoms with Crippen molar-refractivity contribution in [3.8, 4) is 0 Å². The molecule has 2 N–H and O–H groups in total. The SMILES string of the molecule is CC1CC2OC3(OC2C(C)(C)O)C1C1(C)CCC24CC25CCCC(C)(C)C5CCC4C1(C)C3O. The van der Waals surface area contributed by atoms with E-state index in [9.17, 15) is 10.2 Å². The zero-order valence-corrected chi connectivity index (χ0v) is 22.6. The van der Waals surface area contributed by atoms with Crippen molar-refractivity contribution in [3.63, 3.8) is 0 Å². The molecule has 7 fully saturated rings. The Hall–Kier alpha value is -0.160. The van der Waals surface area contributed by atoms with Crippen LogP contribution in [-0.2, 0) is 9.47 Å². The third kappa shape index (κ3) is 2.18. The number of hydrogen-bond acceptors (Lipinski definition) is 4. The summed E-state index contributed by atoms with van der Waals surface area (Å²) in [4.78, 5) is 0. The molecule has 12 atom stereocenters. The standard InChI is InChI=1S/C30H48O4/c1-17-15-18-22(25(4,5)32)34-30(33-18)21(17)26(6)13-14-29-16-28(29)12-8-11-24(2,3)19(28)9-10-20(29)27(26,7)23(30)31/h17-23,31-32H,8-16H2,1-7H3. The quantitative estimate of drug-likeness (QED) is 0.515. The lowest BCUT2D eigenvalue weighted by Crippen LogP contribution is -2.59. The van der Waals surface area contributed by atoms with Gasteiger partial charge in [0.15, 0.2) is 5.79 Å². The lowest BCUT2D eigenvalue weighted by molar-refractivity contribution is -0.282. The molecule has 0 aromatic heterocycles. The second-order valence-corrected chi connectivity index (χ2v) is 15.9. The number of hydrogen-bond donors (Lipinski definition) is 2. The Bertz CT molecular complexity index is 923. The molecule has 0 aromatic carbocycles. The van der Waals surface area contributed by atoms with Crippen LogP contribution >= 0.6 is 0 Å². The average molecular weight is 473 g/mol. The predicted octanol–water partition coefficient (Wildman–Crippen LogP) is 5.69. The van der Waals surface area contributed by atoms with E-state index in [1.165, 1.54) is 51.4 Å². The number of aliphatic hydroxyl groups is 2. The molecule has 12 unspecified atom stereocenters. The van der Waals surface area contributed by atoms with Gasteiger partial charge >= 0.3 is 0 Å². The molecule has 5 aliphatic carbocycles. The lowest BCUT2D eigenvalue weighted by Gasteiger charge is -2.63. The summed E-state index contributed by atoms with van der Waals surface area (Å²) in [5, 5.41) is 23.4. The van der Waals surface area contributed by atoms with Crippen LogP contribution in [0.2, 0.25) is 0 Å². The largest absolute Gasteiger partial charge is 0.388 e. The molecular formula is C30H48O4. The molecule has 5 saturated carbocycles. The van der Waals surface area contributed by atoms with Crippen molar-refractivity contribution in [2.75, 3.05) is 0 Å². The number of fused-ring (bicyclic) bond motifs is 4. The maximum absolute atomic E-state index is 12.5. The molecule has 0 amide bonds. The minimum atomic E-state index is -0.981. The smallest absolute Gasteiger partial charge is 0.199 e. The molecule has 0 radical (unpaired) electrons. The summed E-state index contributed by atoms with van der Waals surface area (Å²) < 4.78 is 13.6. The van der Waals surface area contributed by atoms with Gasteiger partial charge in [0.1, 0.15) is 12.2 Å². The van der Waals surface area contributed by atoms with E-state index < -0.39 is 17.5 Å². The Morgan fingerprint density at radius 3 is 2.26 bits per heavy atom. The molecule has 7 rings (SSSR count). The fourth-order valence-electron chi connectivity index (χ4n) is 12.8. The topological polar surface area (TPSA) is 58.9 Å². The Morgan fingerprint density at radius 2 is 1.56 bits per heavy atom. The van der Waals surface area contributed by atoms with Crippen molar-refractivity contribution >= 4 is 0 Å². The Morgan fingerprint density at radius 1 is 0.882 bits per heavy atom. The molecular weight excluding hydrogens is 424 g/mol. The molecule has 0 aromatic rings. The summed E-state index contributed by atoms with van der Waals surface area (Å²) in [5.74, 6) is 1.01. The van der Waals surface area contributed by atoms with Gasteiger partial charge in [-0.2, -0.15) is 0 Å². The first-order chi connectivity index (χ1) is 15.7. The van der Waals surface area contributed by atoms with Crippen LogP contribution in [0.1, 0.15) is 106 Å². The number of aliphatic hydroxyl groups excluding tert-OH is 1. The fourth-order valence-corrected chi connectivity index (χ4v) is 12.8. The van der Waals surface area contributed by atoms with Gasteiger partial charge in [0.2, 0.25) is 0 Å². The Balaban J connectivity index is 1.34. The van der Waals surface area contributed by atoms with E-state index in [1.807, 2.05) is 13.8 Å². The Labute approximate surface area is 206 Å². The van der Waals surface area contributed by atoms with Gasteiger partial charge in [0.25, 0.3) is 0 Å². The van der Waals surface area contributed by atoms with Crippen molar-refractivity contribution in [2.45, 2.75) is 136 Å². The van der Waals surface area contributed by atoms with Crippen LogP contribution in [0.25, 0.3) is 0 Å². The van der Waals surface area contributed by atoms with E-state index >= 15 is 0 Å². The number of ether oxygens (including phenoxy) is 2. The van der Waals surface area contributed by atoms with Crippen LogP contribution in [0, 0.1) is 50.7 Å². The molecule has 2 saturated heterocycles. The highest BCUT2D eigenvalue weighted by atomic mass is 16.8. The highest BCUT2D eigenvalue weighted by Crippen LogP contribution is 2.90. The summed E-state index contributed by atoms with van der Waals surface area (Å²) >= 11 is 0. The number of rotatable bonds is 1. The van der Waals surface area contributed by atoms with E-state index in [1.54, 1.807) is 0 Å². The van der Waals surface area contributed by atoms with Gasteiger partial charge in [-0.1, -0.05) is 41.0 Å². The predicted molar refractivity (Wildman–Crippen MR) is 131 cm³/mol. The third-order valence-corrected chi connectivity index (χ3v) is 13.9. The van der Waals surface area contributed by atoms with Gasteiger partial charge in [-0.3, -0.25) is 0 Å². The molecule has 2 bridgehead atoms. The first-order valence-electron chi connectivity index (χ1n) is 14.5. The van der Waals surface area contributed by atoms with Gasteiger partial charge in [0, 0.05) is 11.3 Å². The van der Waals surface area contributed by atoms with Gasteiger partial charge < -0.3 is 19.7 Å². The highest BCUT2D eigenvalue weighted by molar-refractivity contribution is 5.34. The van der Waals surface area contributed by atoms with Crippen LogP contribution in [0.15, 0.2) is 0 Å². The molecule has 7 aliphatic rings. The van der Waals surface area contributed by atoms with Crippen LogP contribution in [-0.4, -0.2) is 39.9 Å². The van der Waals surface area contributed by atoms with Crippen molar-refractivity contribution in [1.29, 1.82) is 0 Å². The summed E-state index contributed by atoms with van der Waals surface area (Å²) in [6, 6.07) is 0. The molecule has 192 valence electrons. The van der Waals surface area contributed by atoms with Crippen molar-refractivity contribution < 1.29 is 19.7 Å². The van der Waals surface area contributed by atoms with Crippen molar-refractivity contribution in [3.05, 3.63) is 0 Å². The fraction of sp³-hybridized carbons (Fsp3) is 1.00. The van der Waals surface area contributed by atoms with Gasteiger partial charge in [-0.25, -0.2) is 0 Å². The minimum Gasteiger partial charge on any atom is -0.388 e. The first kappa shape index (κ1) is 23.0. The van der Waals surface area contributed by atoms with Crippen molar-refractivity contribution in [2.24, 2.45) is 50.7 Å². The minimum absolute atomic E-state index is 0.0119. The second-order valence-electron chi connectivity index (χ2n) is 15.9. The van der Waals surface area contributed by atoms with Crippen LogP contribution in [0.4, 0.5) is 0 Å². The summed E-state index contributed by atoms with van der Waals surface area (Å²) in [5.41, 5.74) is 0.157. The van der Waals surface area contributed by atoms with E-state index in [2.05, 4.69) is 34.6 Å². The molecule has 34 heavy (non-hydrogen) atoms. The van der Waals surface area contributed by atoms with Crippen LogP contribution in [0.3, 0.4) is 0 Å². The summed E-state index contributed by atoms with van der Waals surface area (Å²) in [7, 11) is 0. The third-order valence-electron chi connectivity index (χ3n) is 13.9.